The molecular weight excluding hydrogens is 381 g/mol. The summed E-state index contributed by atoms with van der Waals surface area (Å²) in [4.78, 5) is 2.17. The molecule has 1 N–H and O–H groups in total. The normalized spacial score (nSPS) is 12.5. The van der Waals surface area contributed by atoms with Crippen molar-refractivity contribution in [2.24, 2.45) is 0 Å². The summed E-state index contributed by atoms with van der Waals surface area (Å²) in [7, 11) is 0. The molecule has 0 aliphatic rings. The van der Waals surface area contributed by atoms with Crippen molar-refractivity contribution in [1.82, 2.24) is 14.7 Å². The number of aryl methyl sites for hydroxylation is 1. The minimum atomic E-state index is -0.461. The van der Waals surface area contributed by atoms with E-state index in [0.29, 0.717) is 25.4 Å². The van der Waals surface area contributed by atoms with Gasteiger partial charge in [-0.25, -0.2) is 9.07 Å². The first-order valence-corrected chi connectivity index (χ1v) is 10.4. The van der Waals surface area contributed by atoms with Gasteiger partial charge in [0.25, 0.3) is 0 Å². The van der Waals surface area contributed by atoms with Crippen LogP contribution in [0.4, 0.5) is 4.39 Å². The first kappa shape index (κ1) is 22.0. The summed E-state index contributed by atoms with van der Waals surface area (Å²) in [6.07, 6.45) is 0.251. The molecule has 0 spiro atoms. The molecule has 6 heteroatoms. The molecule has 0 saturated heterocycles. The maximum absolute atomic E-state index is 14.4. The Bertz CT molecular complexity index is 954. The lowest BCUT2D eigenvalue weighted by Gasteiger charge is -2.28. The third kappa shape index (κ3) is 5.07. The van der Waals surface area contributed by atoms with Crippen LogP contribution in [0.2, 0.25) is 0 Å². The molecule has 2 aromatic carbocycles. The van der Waals surface area contributed by atoms with E-state index in [2.05, 4.69) is 18.7 Å². The highest BCUT2D eigenvalue weighted by Crippen LogP contribution is 2.33. The average Bonchev–Trinajstić information content (AvgIpc) is 3.06. The van der Waals surface area contributed by atoms with Crippen molar-refractivity contribution in [3.05, 3.63) is 71.7 Å². The van der Waals surface area contributed by atoms with Gasteiger partial charge in [0, 0.05) is 19.1 Å². The van der Waals surface area contributed by atoms with E-state index in [0.717, 1.165) is 16.9 Å². The molecule has 30 heavy (non-hydrogen) atoms. The molecule has 0 fully saturated rings. The van der Waals surface area contributed by atoms with Crippen molar-refractivity contribution in [1.29, 1.82) is 0 Å². The summed E-state index contributed by atoms with van der Waals surface area (Å²) >= 11 is 0. The zero-order valence-corrected chi connectivity index (χ0v) is 18.0. The van der Waals surface area contributed by atoms with Gasteiger partial charge in [-0.1, -0.05) is 37.3 Å². The molecule has 160 valence electrons. The van der Waals surface area contributed by atoms with Crippen LogP contribution in [-0.4, -0.2) is 38.5 Å². The molecule has 0 aliphatic carbocycles. The second-order valence-electron chi connectivity index (χ2n) is 7.74. The molecule has 0 amide bonds. The van der Waals surface area contributed by atoms with Gasteiger partial charge < -0.3 is 9.84 Å². The number of rotatable bonds is 9. The Hall–Kier alpha value is -2.70. The van der Waals surface area contributed by atoms with Crippen LogP contribution >= 0.6 is 0 Å². The number of aliphatic hydroxyl groups excluding tert-OH is 1. The van der Waals surface area contributed by atoms with Crippen LogP contribution in [0, 0.1) is 5.82 Å². The van der Waals surface area contributed by atoms with Crippen molar-refractivity contribution < 1.29 is 14.2 Å². The number of benzene rings is 2. The van der Waals surface area contributed by atoms with Crippen LogP contribution in [0.1, 0.15) is 39.0 Å². The van der Waals surface area contributed by atoms with E-state index in [1.54, 1.807) is 29.8 Å². The number of aliphatic hydroxyl groups is 1. The molecule has 0 saturated carbocycles. The molecule has 1 atom stereocenters. The van der Waals surface area contributed by atoms with Crippen LogP contribution in [0.25, 0.3) is 5.69 Å². The zero-order chi connectivity index (χ0) is 21.7. The smallest absolute Gasteiger partial charge is 0.227 e. The molecule has 5 nitrogen and oxygen atoms in total. The Balaban J connectivity index is 2.11. The third-order valence-electron chi connectivity index (χ3n) is 4.99. The lowest BCUT2D eigenvalue weighted by Crippen LogP contribution is -2.36. The summed E-state index contributed by atoms with van der Waals surface area (Å²) in [6.45, 7) is 9.07. The number of para-hydroxylation sites is 2. The summed E-state index contributed by atoms with van der Waals surface area (Å²) in [5, 5.41) is 14.8. The minimum Gasteiger partial charge on any atom is -0.435 e. The molecule has 1 heterocycles. The fourth-order valence-electron chi connectivity index (χ4n) is 3.40. The lowest BCUT2D eigenvalue weighted by molar-refractivity contribution is 0.102. The number of ether oxygens (including phenoxy) is 1. The standard InChI is InChI=1S/C24H30FN3O2/c1-5-22-20(16-27(17(2)3)15-18(4)29)24(30-23-14-10-9-13-21(23)25)28(26-22)19-11-7-6-8-12-19/h6-14,17-18,29H,5,15-16H2,1-4H3. The van der Waals surface area contributed by atoms with Gasteiger partial charge in [0.1, 0.15) is 0 Å². The van der Waals surface area contributed by atoms with Gasteiger partial charge in [-0.05, 0) is 51.5 Å². The quantitative estimate of drug-likeness (QED) is 0.541. The van der Waals surface area contributed by atoms with Crippen LogP contribution in [0.3, 0.4) is 0 Å². The largest absolute Gasteiger partial charge is 0.435 e. The van der Waals surface area contributed by atoms with Crippen LogP contribution in [0.15, 0.2) is 54.6 Å². The fourth-order valence-corrected chi connectivity index (χ4v) is 3.40. The Morgan fingerprint density at radius 2 is 1.73 bits per heavy atom. The fraction of sp³-hybridized carbons (Fsp3) is 0.375. The van der Waals surface area contributed by atoms with Crippen molar-refractivity contribution in [3.8, 4) is 17.3 Å². The first-order valence-electron chi connectivity index (χ1n) is 10.4. The van der Waals surface area contributed by atoms with Gasteiger partial charge in [-0.3, -0.25) is 4.90 Å². The molecule has 3 aromatic rings. The summed E-state index contributed by atoms with van der Waals surface area (Å²) in [5.41, 5.74) is 2.64. The Kier molecular flexibility index (Phi) is 7.24. The van der Waals surface area contributed by atoms with E-state index < -0.39 is 11.9 Å². The van der Waals surface area contributed by atoms with Gasteiger partial charge >= 0.3 is 0 Å². The Labute approximate surface area is 177 Å². The highest BCUT2D eigenvalue weighted by molar-refractivity contribution is 5.44. The van der Waals surface area contributed by atoms with Gasteiger partial charge in [0.05, 0.1) is 23.0 Å². The number of hydrogen-bond donors (Lipinski definition) is 1. The van der Waals surface area contributed by atoms with Crippen molar-refractivity contribution in [2.45, 2.75) is 52.8 Å². The van der Waals surface area contributed by atoms with E-state index >= 15 is 0 Å². The molecule has 3 rings (SSSR count). The summed E-state index contributed by atoms with van der Waals surface area (Å²) in [5.74, 6) is 0.233. The predicted octanol–water partition coefficient (Wildman–Crippen LogP) is 4.96. The number of nitrogens with zero attached hydrogens (tertiary/aromatic N) is 3. The van der Waals surface area contributed by atoms with Crippen molar-refractivity contribution in [3.63, 3.8) is 0 Å². The zero-order valence-electron chi connectivity index (χ0n) is 18.0. The maximum Gasteiger partial charge on any atom is 0.227 e. The van der Waals surface area contributed by atoms with E-state index in [-0.39, 0.29) is 11.8 Å². The van der Waals surface area contributed by atoms with Crippen LogP contribution in [0.5, 0.6) is 11.6 Å². The summed E-state index contributed by atoms with van der Waals surface area (Å²) < 4.78 is 22.3. The predicted molar refractivity (Wildman–Crippen MR) is 117 cm³/mol. The molecule has 1 unspecified atom stereocenters. The molecule has 0 bridgehead atoms. The van der Waals surface area contributed by atoms with Gasteiger partial charge in [0.15, 0.2) is 11.6 Å². The SMILES string of the molecule is CCc1nn(-c2ccccc2)c(Oc2ccccc2F)c1CN(CC(C)O)C(C)C. The number of halogens is 1. The molecule has 1 aromatic heterocycles. The Morgan fingerprint density at radius 1 is 1.07 bits per heavy atom. The van der Waals surface area contributed by atoms with Gasteiger partial charge in [-0.2, -0.15) is 5.10 Å². The van der Waals surface area contributed by atoms with Gasteiger partial charge in [0.2, 0.25) is 5.88 Å². The van der Waals surface area contributed by atoms with E-state index in [9.17, 15) is 9.50 Å². The summed E-state index contributed by atoms with van der Waals surface area (Å²) in [6, 6.07) is 16.3. The third-order valence-corrected chi connectivity index (χ3v) is 4.99. The molecule has 0 aliphatic heterocycles. The van der Waals surface area contributed by atoms with Crippen molar-refractivity contribution in [2.75, 3.05) is 6.54 Å². The first-order chi connectivity index (χ1) is 14.4. The average molecular weight is 412 g/mol. The second-order valence-corrected chi connectivity index (χ2v) is 7.74. The number of aromatic nitrogens is 2. The van der Waals surface area contributed by atoms with Crippen LogP contribution < -0.4 is 4.74 Å². The van der Waals surface area contributed by atoms with Gasteiger partial charge in [-0.15, -0.1) is 0 Å². The van der Waals surface area contributed by atoms with E-state index in [1.807, 2.05) is 37.3 Å². The van der Waals surface area contributed by atoms with E-state index in [1.165, 1.54) is 6.07 Å². The van der Waals surface area contributed by atoms with E-state index in [4.69, 9.17) is 9.84 Å². The second kappa shape index (κ2) is 9.87. The highest BCUT2D eigenvalue weighted by atomic mass is 19.1. The topological polar surface area (TPSA) is 50.5 Å². The molecular formula is C24H30FN3O2. The van der Waals surface area contributed by atoms with Crippen molar-refractivity contribution >= 4 is 0 Å². The monoisotopic (exact) mass is 411 g/mol. The number of hydrogen-bond acceptors (Lipinski definition) is 4. The highest BCUT2D eigenvalue weighted by Gasteiger charge is 2.24. The molecule has 0 radical (unpaired) electrons. The maximum atomic E-state index is 14.4. The van der Waals surface area contributed by atoms with Crippen LogP contribution in [-0.2, 0) is 13.0 Å². The Morgan fingerprint density at radius 3 is 2.33 bits per heavy atom. The minimum absolute atomic E-state index is 0.158. The lowest BCUT2D eigenvalue weighted by atomic mass is 10.1.